The van der Waals surface area contributed by atoms with Crippen LogP contribution in [0.1, 0.15) is 58.6 Å². The number of hydrogen-bond acceptors (Lipinski definition) is 9. The average Bonchev–Trinajstić information content (AvgIpc) is 3.03. The van der Waals surface area contributed by atoms with Gasteiger partial charge in [-0.25, -0.2) is 0 Å². The van der Waals surface area contributed by atoms with Crippen LogP contribution in [0.15, 0.2) is 4.63 Å². The molecule has 0 spiro atoms. The van der Waals surface area contributed by atoms with E-state index in [9.17, 15) is 14.8 Å². The highest BCUT2D eigenvalue weighted by molar-refractivity contribution is 5.77. The highest BCUT2D eigenvalue weighted by atomic mass is 16.8. The first-order valence-electron chi connectivity index (χ1n) is 10.9. The van der Waals surface area contributed by atoms with Crippen molar-refractivity contribution >= 4 is 11.9 Å². The summed E-state index contributed by atoms with van der Waals surface area (Å²) in [5.74, 6) is 0.682. The molecular formula is C21H34N2O8. The van der Waals surface area contributed by atoms with Crippen molar-refractivity contribution < 1.29 is 38.1 Å². The number of ether oxygens (including phenoxy) is 4. The number of nitrogens with zero attached hydrogens (tertiary/aromatic N) is 2. The summed E-state index contributed by atoms with van der Waals surface area (Å²) in [5, 5.41) is 14.5. The summed E-state index contributed by atoms with van der Waals surface area (Å²) in [6.45, 7) is 8.68. The lowest BCUT2D eigenvalue weighted by Gasteiger charge is -2.36. The van der Waals surface area contributed by atoms with Gasteiger partial charge in [0.15, 0.2) is 0 Å². The maximum absolute atomic E-state index is 12.2. The molecule has 31 heavy (non-hydrogen) atoms. The minimum absolute atomic E-state index is 0.0139. The number of hydrogen-bond donors (Lipinski definition) is 0. The maximum atomic E-state index is 12.2. The molecule has 1 aliphatic carbocycles. The smallest absolute Gasteiger partial charge is 0.397 e. The quantitative estimate of drug-likeness (QED) is 0.272. The van der Waals surface area contributed by atoms with Crippen molar-refractivity contribution in [1.82, 2.24) is 5.16 Å². The fraction of sp³-hybridized carbons (Fsp3) is 0.810. The van der Waals surface area contributed by atoms with E-state index in [1.165, 1.54) is 6.92 Å². The second-order valence-electron chi connectivity index (χ2n) is 8.36. The van der Waals surface area contributed by atoms with Gasteiger partial charge in [0.2, 0.25) is 5.69 Å². The molecule has 1 heterocycles. The normalized spacial score (nSPS) is 21.1. The number of esters is 2. The van der Waals surface area contributed by atoms with Gasteiger partial charge in [0.1, 0.15) is 19.3 Å². The van der Waals surface area contributed by atoms with E-state index in [0.29, 0.717) is 17.8 Å². The van der Waals surface area contributed by atoms with Gasteiger partial charge in [-0.3, -0.25) is 14.2 Å². The van der Waals surface area contributed by atoms with Crippen LogP contribution in [0, 0.1) is 29.9 Å². The van der Waals surface area contributed by atoms with Crippen molar-refractivity contribution in [1.29, 1.82) is 0 Å². The Labute approximate surface area is 182 Å². The maximum Gasteiger partial charge on any atom is 0.397 e. The zero-order chi connectivity index (χ0) is 22.8. The van der Waals surface area contributed by atoms with Crippen LogP contribution in [0.4, 0.5) is 0 Å². The van der Waals surface area contributed by atoms with Crippen LogP contribution in [0.5, 0.6) is 5.88 Å². The third-order valence-corrected chi connectivity index (χ3v) is 5.52. The predicted molar refractivity (Wildman–Crippen MR) is 108 cm³/mol. The molecule has 10 nitrogen and oxygen atoms in total. The van der Waals surface area contributed by atoms with E-state index in [4.69, 9.17) is 18.9 Å². The number of aromatic nitrogens is 2. The van der Waals surface area contributed by atoms with E-state index < -0.39 is 5.97 Å². The summed E-state index contributed by atoms with van der Waals surface area (Å²) < 4.78 is 25.6. The van der Waals surface area contributed by atoms with E-state index in [2.05, 4.69) is 30.6 Å². The van der Waals surface area contributed by atoms with Gasteiger partial charge >= 0.3 is 17.8 Å². The lowest BCUT2D eigenvalue weighted by atomic mass is 9.75. The van der Waals surface area contributed by atoms with E-state index in [0.717, 1.165) is 19.3 Å². The zero-order valence-corrected chi connectivity index (χ0v) is 18.8. The summed E-state index contributed by atoms with van der Waals surface area (Å²) in [6, 6.07) is 0. The standard InChI is InChI=1S/C21H34N2O8/c1-14(2)17-6-5-15(3)13-18(17)30-20(25)8-7-19(24)28-11-9-27-10-12-29-21-16(4)23(26)31-22-21/h14-15,17-18H,5-13H2,1-4H3/t15-,17+,18-/m1/s1. The van der Waals surface area contributed by atoms with E-state index in [1.54, 1.807) is 0 Å². The fourth-order valence-corrected chi connectivity index (χ4v) is 3.68. The van der Waals surface area contributed by atoms with Gasteiger partial charge < -0.3 is 24.2 Å². The Balaban J connectivity index is 1.53. The summed E-state index contributed by atoms with van der Waals surface area (Å²) in [4.78, 5) is 24.3. The summed E-state index contributed by atoms with van der Waals surface area (Å²) in [7, 11) is 0. The number of carbonyl (C=O) groups is 2. The monoisotopic (exact) mass is 442 g/mol. The van der Waals surface area contributed by atoms with Crippen molar-refractivity contribution in [3.63, 3.8) is 0 Å². The Kier molecular flexibility index (Phi) is 10.0. The Hall–Kier alpha value is -2.36. The molecule has 0 bridgehead atoms. The molecule has 1 fully saturated rings. The molecule has 0 unspecified atom stereocenters. The van der Waals surface area contributed by atoms with E-state index >= 15 is 0 Å². The third-order valence-electron chi connectivity index (χ3n) is 5.52. The van der Waals surface area contributed by atoms with Crippen LogP contribution in [-0.2, 0) is 23.8 Å². The Morgan fingerprint density at radius 1 is 1.16 bits per heavy atom. The van der Waals surface area contributed by atoms with Crippen molar-refractivity contribution in [2.75, 3.05) is 26.4 Å². The Morgan fingerprint density at radius 2 is 1.87 bits per heavy atom. The highest BCUT2D eigenvalue weighted by Gasteiger charge is 2.33. The summed E-state index contributed by atoms with van der Waals surface area (Å²) in [6.07, 6.45) is 3.05. The molecule has 0 amide bonds. The van der Waals surface area contributed by atoms with Gasteiger partial charge in [-0.05, 0) is 35.5 Å². The Bertz CT molecular complexity index is 706. The number of carbonyl (C=O) groups excluding carboxylic acids is 2. The topological polar surface area (TPSA) is 124 Å². The van der Waals surface area contributed by atoms with Crippen LogP contribution in [-0.4, -0.2) is 49.6 Å². The van der Waals surface area contributed by atoms with E-state index in [1.807, 2.05) is 0 Å². The lowest BCUT2D eigenvalue weighted by molar-refractivity contribution is -0.806. The van der Waals surface area contributed by atoms with Gasteiger partial charge in [0, 0.05) is 6.92 Å². The van der Waals surface area contributed by atoms with Crippen LogP contribution in [0.25, 0.3) is 0 Å². The summed E-state index contributed by atoms with van der Waals surface area (Å²) in [5.41, 5.74) is 0.227. The van der Waals surface area contributed by atoms with Crippen molar-refractivity contribution in [2.24, 2.45) is 17.8 Å². The molecule has 10 heteroatoms. The second-order valence-corrected chi connectivity index (χ2v) is 8.36. The molecule has 0 radical (unpaired) electrons. The zero-order valence-electron chi connectivity index (χ0n) is 18.8. The van der Waals surface area contributed by atoms with Gasteiger partial charge in [-0.1, -0.05) is 27.2 Å². The van der Waals surface area contributed by atoms with Crippen molar-refractivity contribution in [2.45, 2.75) is 65.9 Å². The predicted octanol–water partition coefficient (Wildman–Crippen LogP) is 2.34. The average molecular weight is 443 g/mol. The minimum Gasteiger partial charge on any atom is -0.463 e. The van der Waals surface area contributed by atoms with Crippen LogP contribution in [0.3, 0.4) is 0 Å². The second kappa shape index (κ2) is 12.5. The largest absolute Gasteiger partial charge is 0.463 e. The molecule has 3 atom stereocenters. The molecule has 0 aliphatic heterocycles. The molecule has 1 saturated carbocycles. The van der Waals surface area contributed by atoms with E-state index in [-0.39, 0.29) is 67.8 Å². The van der Waals surface area contributed by atoms with Crippen LogP contribution >= 0.6 is 0 Å². The first-order chi connectivity index (χ1) is 14.8. The van der Waals surface area contributed by atoms with Crippen molar-refractivity contribution in [3.8, 4) is 5.88 Å². The Morgan fingerprint density at radius 3 is 2.55 bits per heavy atom. The first-order valence-corrected chi connectivity index (χ1v) is 10.9. The van der Waals surface area contributed by atoms with Crippen molar-refractivity contribution in [3.05, 3.63) is 10.9 Å². The minimum atomic E-state index is -0.465. The first kappa shape index (κ1) is 24.9. The molecule has 0 saturated heterocycles. The van der Waals surface area contributed by atoms with Gasteiger partial charge in [0.05, 0.1) is 31.2 Å². The fourth-order valence-electron chi connectivity index (χ4n) is 3.68. The molecule has 1 aromatic rings. The van der Waals surface area contributed by atoms with Gasteiger partial charge in [-0.2, -0.15) is 0 Å². The molecule has 0 aromatic carbocycles. The molecular weight excluding hydrogens is 408 g/mol. The molecule has 1 aliphatic rings. The van der Waals surface area contributed by atoms with Crippen LogP contribution in [0.2, 0.25) is 0 Å². The van der Waals surface area contributed by atoms with Gasteiger partial charge in [0.25, 0.3) is 0 Å². The summed E-state index contributed by atoms with van der Waals surface area (Å²) >= 11 is 0. The lowest BCUT2D eigenvalue weighted by Crippen LogP contribution is -2.35. The van der Waals surface area contributed by atoms with Gasteiger partial charge in [-0.15, -0.1) is 0 Å². The third kappa shape index (κ3) is 8.35. The highest BCUT2D eigenvalue weighted by Crippen LogP contribution is 2.35. The number of rotatable bonds is 12. The molecule has 176 valence electrons. The molecule has 0 N–H and O–H groups in total. The van der Waals surface area contributed by atoms with Crippen LogP contribution < -0.4 is 9.64 Å². The molecule has 2 rings (SSSR count). The molecule has 1 aromatic heterocycles. The SMILES string of the molecule is Cc1c(OCCOCCOC(=O)CCC(=O)O[C@@H]2C[C@H](C)CC[C@H]2C(C)C)no[n+]1[O-].